The molecular weight excluding hydrogens is 440 g/mol. The van der Waals surface area contributed by atoms with Crippen LogP contribution in [0.4, 0.5) is 5.69 Å². The first kappa shape index (κ1) is 20.4. The van der Waals surface area contributed by atoms with Gasteiger partial charge in [0.25, 0.3) is 17.6 Å². The lowest BCUT2D eigenvalue weighted by molar-refractivity contribution is -0.225. The van der Waals surface area contributed by atoms with Gasteiger partial charge in [-0.2, -0.15) is 0 Å². The number of rotatable bonds is 3. The Morgan fingerprint density at radius 2 is 1.70 bits per heavy atom. The summed E-state index contributed by atoms with van der Waals surface area (Å²) in [5.74, 6) is -4.26. The van der Waals surface area contributed by atoms with E-state index in [2.05, 4.69) is 5.32 Å². The average molecular weight is 461 g/mol. The van der Waals surface area contributed by atoms with Crippen molar-refractivity contribution in [3.05, 3.63) is 101 Å². The van der Waals surface area contributed by atoms with E-state index in [-0.39, 0.29) is 12.5 Å². The zero-order valence-corrected chi connectivity index (χ0v) is 18.3. The minimum absolute atomic E-state index is 0.259. The number of para-hydroxylation sites is 1. The number of nitrogens with one attached hydrogen (secondary N) is 1. The maximum absolute atomic E-state index is 13.5. The number of amides is 2. The minimum atomic E-state index is -2.12. The van der Waals surface area contributed by atoms with Gasteiger partial charge in [0.05, 0.1) is 5.92 Å². The highest BCUT2D eigenvalue weighted by atomic mass is 35.5. The van der Waals surface area contributed by atoms with Gasteiger partial charge in [-0.3, -0.25) is 9.59 Å². The molecule has 1 spiro atoms. The van der Waals surface area contributed by atoms with Gasteiger partial charge in [0, 0.05) is 35.3 Å². The predicted octanol–water partition coefficient (Wildman–Crippen LogP) is 3.65. The quantitative estimate of drug-likeness (QED) is 0.625. The van der Waals surface area contributed by atoms with E-state index < -0.39 is 29.1 Å². The summed E-state index contributed by atoms with van der Waals surface area (Å²) in [6.07, 6.45) is 0. The van der Waals surface area contributed by atoms with Crippen LogP contribution in [-0.2, 0) is 26.5 Å². The van der Waals surface area contributed by atoms with Crippen molar-refractivity contribution >= 4 is 29.1 Å². The van der Waals surface area contributed by atoms with Gasteiger partial charge in [-0.1, -0.05) is 72.3 Å². The molecule has 0 radical (unpaired) electrons. The van der Waals surface area contributed by atoms with Crippen LogP contribution in [0.3, 0.4) is 0 Å². The van der Waals surface area contributed by atoms with E-state index in [1.165, 1.54) is 0 Å². The van der Waals surface area contributed by atoms with Gasteiger partial charge in [0.2, 0.25) is 0 Å². The molecule has 4 atom stereocenters. The molecule has 0 saturated carbocycles. The van der Waals surface area contributed by atoms with E-state index in [4.69, 9.17) is 16.3 Å². The number of anilines is 1. The highest BCUT2D eigenvalue weighted by molar-refractivity contribution is 6.30. The van der Waals surface area contributed by atoms with Crippen LogP contribution in [0.5, 0.6) is 0 Å². The van der Waals surface area contributed by atoms with Gasteiger partial charge < -0.3 is 20.1 Å². The Balaban J connectivity index is 1.48. The molecule has 2 fully saturated rings. The van der Waals surface area contributed by atoms with Crippen LogP contribution >= 0.6 is 11.6 Å². The van der Waals surface area contributed by atoms with E-state index in [0.717, 1.165) is 11.1 Å². The van der Waals surface area contributed by atoms with Crippen LogP contribution < -0.4 is 5.32 Å². The summed E-state index contributed by atoms with van der Waals surface area (Å²) in [5.41, 5.74) is 1.47. The number of nitrogens with zero attached hydrogens (tertiary/aromatic N) is 1. The molecule has 6 nitrogen and oxygen atoms in total. The highest BCUT2D eigenvalue weighted by Gasteiger charge is 2.74. The van der Waals surface area contributed by atoms with Crippen LogP contribution in [-0.4, -0.2) is 34.2 Å². The number of fused-ring (bicyclic) bond motifs is 3. The second-order valence-electron chi connectivity index (χ2n) is 8.84. The summed E-state index contributed by atoms with van der Waals surface area (Å²) in [6.45, 7) is 0.611. The molecule has 3 aromatic carbocycles. The van der Waals surface area contributed by atoms with E-state index in [1.54, 1.807) is 23.1 Å². The number of hydrogen-bond donors (Lipinski definition) is 2. The molecule has 166 valence electrons. The van der Waals surface area contributed by atoms with Crippen molar-refractivity contribution < 1.29 is 19.4 Å². The molecule has 33 heavy (non-hydrogen) atoms. The number of ether oxygens (including phenoxy) is 1. The molecule has 3 aliphatic rings. The number of likely N-dealkylation sites (tertiary alicyclic amines) is 1. The molecule has 3 aliphatic heterocycles. The molecule has 0 aromatic heterocycles. The smallest absolute Gasteiger partial charge is 0.283 e. The van der Waals surface area contributed by atoms with Gasteiger partial charge in [-0.25, -0.2) is 0 Å². The minimum Gasteiger partial charge on any atom is -0.358 e. The normalized spacial score (nSPS) is 29.9. The Hall–Kier alpha value is -3.19. The van der Waals surface area contributed by atoms with Crippen LogP contribution in [0.2, 0.25) is 5.02 Å². The molecule has 0 aliphatic carbocycles. The molecular formula is C26H21ClN2O4. The number of benzene rings is 3. The Morgan fingerprint density at radius 3 is 2.45 bits per heavy atom. The van der Waals surface area contributed by atoms with Crippen molar-refractivity contribution in [2.45, 2.75) is 23.9 Å². The Labute approximate surface area is 195 Å². The summed E-state index contributed by atoms with van der Waals surface area (Å²) >= 11 is 6.13. The molecule has 2 amide bonds. The maximum Gasteiger partial charge on any atom is 0.283 e. The van der Waals surface area contributed by atoms with Gasteiger partial charge >= 0.3 is 0 Å². The zero-order valence-electron chi connectivity index (χ0n) is 17.6. The average Bonchev–Trinajstić information content (AvgIpc) is 3.34. The van der Waals surface area contributed by atoms with Crippen LogP contribution in [0, 0.1) is 5.92 Å². The fraction of sp³-hybridized carbons (Fsp3) is 0.231. The van der Waals surface area contributed by atoms with Crippen molar-refractivity contribution in [2.24, 2.45) is 5.92 Å². The molecule has 0 bridgehead atoms. The monoisotopic (exact) mass is 460 g/mol. The predicted molar refractivity (Wildman–Crippen MR) is 122 cm³/mol. The fourth-order valence-electron chi connectivity index (χ4n) is 5.61. The van der Waals surface area contributed by atoms with Crippen molar-refractivity contribution in [1.82, 2.24) is 4.90 Å². The second-order valence-corrected chi connectivity index (χ2v) is 9.28. The molecule has 2 N–H and O–H groups in total. The Kier molecular flexibility index (Phi) is 4.43. The summed E-state index contributed by atoms with van der Waals surface area (Å²) in [6, 6.07) is 24.0. The lowest BCUT2D eigenvalue weighted by Gasteiger charge is -2.32. The third kappa shape index (κ3) is 2.81. The van der Waals surface area contributed by atoms with Gasteiger partial charge in [0.1, 0.15) is 0 Å². The SMILES string of the molecule is O=C1N(Cc2ccccc2)C[C@@H]2[C@@H](c3ccc(Cl)cc3)[C@]3(O[C@]12O)C(=O)Nc1ccccc13. The first-order valence-corrected chi connectivity index (χ1v) is 11.2. The summed E-state index contributed by atoms with van der Waals surface area (Å²) in [7, 11) is 0. The topological polar surface area (TPSA) is 78.9 Å². The van der Waals surface area contributed by atoms with Gasteiger partial charge in [-0.05, 0) is 29.3 Å². The standard InChI is InChI=1S/C26H21ClN2O4/c27-18-12-10-17(11-13-18)22-20-15-29(14-16-6-2-1-3-7-16)24(31)26(20,32)33-25(22)19-8-4-5-9-21(19)28-23(25)30/h1-13,20,22,32H,14-15H2,(H,28,30)/t20-,22-,25+,26+/m1/s1. The Bertz CT molecular complexity index is 1260. The lowest BCUT2D eigenvalue weighted by Crippen LogP contribution is -2.47. The highest BCUT2D eigenvalue weighted by Crippen LogP contribution is 2.62. The number of carbonyl (C=O) groups excluding carboxylic acids is 2. The Morgan fingerprint density at radius 1 is 1.00 bits per heavy atom. The largest absolute Gasteiger partial charge is 0.358 e. The number of hydrogen-bond acceptors (Lipinski definition) is 4. The van der Waals surface area contributed by atoms with E-state index in [9.17, 15) is 14.7 Å². The molecule has 0 unspecified atom stereocenters. The van der Waals surface area contributed by atoms with Gasteiger partial charge in [0.15, 0.2) is 5.60 Å². The van der Waals surface area contributed by atoms with E-state index >= 15 is 0 Å². The summed E-state index contributed by atoms with van der Waals surface area (Å²) < 4.78 is 6.26. The summed E-state index contributed by atoms with van der Waals surface area (Å²) in [5, 5.41) is 15.1. The number of carbonyl (C=O) groups is 2. The van der Waals surface area contributed by atoms with Gasteiger partial charge in [-0.15, -0.1) is 0 Å². The first-order valence-electron chi connectivity index (χ1n) is 10.9. The lowest BCUT2D eigenvalue weighted by atomic mass is 9.72. The zero-order chi connectivity index (χ0) is 22.8. The molecule has 6 rings (SSSR count). The number of aliphatic hydroxyl groups is 1. The molecule has 3 aromatic rings. The maximum atomic E-state index is 13.5. The molecule has 7 heteroatoms. The van der Waals surface area contributed by atoms with E-state index in [0.29, 0.717) is 22.8 Å². The van der Waals surface area contributed by atoms with Crippen molar-refractivity contribution in [2.75, 3.05) is 11.9 Å². The van der Waals surface area contributed by atoms with E-state index in [1.807, 2.05) is 60.7 Å². The summed E-state index contributed by atoms with van der Waals surface area (Å²) in [4.78, 5) is 28.6. The van der Waals surface area contributed by atoms with Crippen LogP contribution in [0.15, 0.2) is 78.9 Å². The van der Waals surface area contributed by atoms with Crippen molar-refractivity contribution in [1.29, 1.82) is 0 Å². The van der Waals surface area contributed by atoms with Crippen molar-refractivity contribution in [3.8, 4) is 0 Å². The number of halogens is 1. The second kappa shape index (κ2) is 7.15. The molecule has 2 saturated heterocycles. The van der Waals surface area contributed by atoms with Crippen molar-refractivity contribution in [3.63, 3.8) is 0 Å². The third-order valence-electron chi connectivity index (χ3n) is 7.03. The first-order chi connectivity index (χ1) is 15.9. The van der Waals surface area contributed by atoms with Crippen LogP contribution in [0.1, 0.15) is 22.6 Å². The fourth-order valence-corrected chi connectivity index (χ4v) is 5.74. The van der Waals surface area contributed by atoms with Crippen LogP contribution in [0.25, 0.3) is 0 Å². The third-order valence-corrected chi connectivity index (χ3v) is 7.28. The molecule has 3 heterocycles.